The summed E-state index contributed by atoms with van der Waals surface area (Å²) >= 11 is 0. The Bertz CT molecular complexity index is 871. The zero-order chi connectivity index (χ0) is 17.5. The number of amides is 1. The minimum Gasteiger partial charge on any atom is -0.303 e. The van der Waals surface area contributed by atoms with Gasteiger partial charge in [0.2, 0.25) is 0 Å². The monoisotopic (exact) mass is 321 g/mol. The van der Waals surface area contributed by atoms with Crippen LogP contribution in [0.2, 0.25) is 0 Å². The molecule has 0 radical (unpaired) electrons. The third kappa shape index (κ3) is 3.92. The predicted octanol–water partition coefficient (Wildman–Crippen LogP) is 3.57. The van der Waals surface area contributed by atoms with Crippen LogP contribution < -0.4 is 5.32 Å². The molecule has 2 N–H and O–H groups in total. The molecular weight excluding hydrogens is 302 g/mol. The minimum absolute atomic E-state index is 0.296. The van der Waals surface area contributed by atoms with Crippen LogP contribution >= 0.6 is 0 Å². The number of anilines is 1. The highest BCUT2D eigenvalue weighted by Gasteiger charge is 2.13. The SMILES string of the molecule is C=C/C=C\C(=C)C(=O)Nc1n[nH]c2cnc(/C(C)=C/C=C\C)nc12. The number of carbonyl (C=O) groups is 1. The Morgan fingerprint density at radius 2 is 2.17 bits per heavy atom. The van der Waals surface area contributed by atoms with E-state index < -0.39 is 0 Å². The number of nitrogens with one attached hydrogen (secondary N) is 2. The Hall–Kier alpha value is -3.28. The largest absolute Gasteiger partial charge is 0.303 e. The number of hydrogen-bond acceptors (Lipinski definition) is 4. The molecule has 0 aliphatic rings. The molecule has 2 rings (SSSR count). The van der Waals surface area contributed by atoms with Crippen LogP contribution in [0, 0.1) is 0 Å². The van der Waals surface area contributed by atoms with Gasteiger partial charge in [-0.3, -0.25) is 9.89 Å². The maximum atomic E-state index is 12.1. The number of aromatic amines is 1. The molecule has 0 atom stereocenters. The third-order valence-electron chi connectivity index (χ3n) is 3.15. The van der Waals surface area contributed by atoms with Crippen molar-refractivity contribution in [2.75, 3.05) is 5.32 Å². The number of carbonyl (C=O) groups excluding carboxylic acids is 1. The molecule has 0 unspecified atom stereocenters. The van der Waals surface area contributed by atoms with E-state index >= 15 is 0 Å². The smallest absolute Gasteiger partial charge is 0.256 e. The van der Waals surface area contributed by atoms with E-state index in [0.29, 0.717) is 28.2 Å². The molecular formula is C18H19N5O. The van der Waals surface area contributed by atoms with Crippen molar-refractivity contribution in [1.29, 1.82) is 0 Å². The first kappa shape index (κ1) is 17.1. The molecule has 0 saturated heterocycles. The van der Waals surface area contributed by atoms with E-state index in [4.69, 9.17) is 0 Å². The second-order valence-corrected chi connectivity index (χ2v) is 4.98. The molecule has 6 heteroatoms. The van der Waals surface area contributed by atoms with Crippen molar-refractivity contribution < 1.29 is 4.79 Å². The van der Waals surface area contributed by atoms with Gasteiger partial charge in [0, 0.05) is 5.57 Å². The van der Waals surface area contributed by atoms with E-state index in [-0.39, 0.29) is 5.91 Å². The second-order valence-electron chi connectivity index (χ2n) is 4.98. The van der Waals surface area contributed by atoms with Gasteiger partial charge in [0.15, 0.2) is 11.6 Å². The first-order chi connectivity index (χ1) is 11.6. The summed E-state index contributed by atoms with van der Waals surface area (Å²) in [6.45, 7) is 11.1. The number of hydrogen-bond donors (Lipinski definition) is 2. The van der Waals surface area contributed by atoms with Gasteiger partial charge in [-0.1, -0.05) is 49.6 Å². The lowest BCUT2D eigenvalue weighted by Gasteiger charge is -2.03. The lowest BCUT2D eigenvalue weighted by atomic mass is 10.2. The first-order valence-corrected chi connectivity index (χ1v) is 7.37. The van der Waals surface area contributed by atoms with Gasteiger partial charge in [-0.05, 0) is 19.4 Å². The van der Waals surface area contributed by atoms with E-state index in [2.05, 4.69) is 38.6 Å². The van der Waals surface area contributed by atoms with Crippen LogP contribution in [0.3, 0.4) is 0 Å². The summed E-state index contributed by atoms with van der Waals surface area (Å²) in [4.78, 5) is 20.9. The Labute approximate surface area is 140 Å². The van der Waals surface area contributed by atoms with Crippen molar-refractivity contribution in [3.05, 3.63) is 67.2 Å². The Kier molecular flexibility index (Phi) is 5.57. The van der Waals surface area contributed by atoms with Crippen molar-refractivity contribution in [3.63, 3.8) is 0 Å². The Balaban J connectivity index is 2.31. The molecule has 2 aromatic heterocycles. The molecule has 24 heavy (non-hydrogen) atoms. The van der Waals surface area contributed by atoms with Crippen LogP contribution in [0.1, 0.15) is 19.7 Å². The van der Waals surface area contributed by atoms with Crippen molar-refractivity contribution >= 4 is 28.3 Å². The maximum absolute atomic E-state index is 12.1. The fourth-order valence-electron chi connectivity index (χ4n) is 1.85. The molecule has 0 fully saturated rings. The molecule has 0 aliphatic carbocycles. The highest BCUT2D eigenvalue weighted by Crippen LogP contribution is 2.20. The van der Waals surface area contributed by atoms with Crippen molar-refractivity contribution in [1.82, 2.24) is 20.2 Å². The summed E-state index contributed by atoms with van der Waals surface area (Å²) in [5.41, 5.74) is 2.39. The van der Waals surface area contributed by atoms with Gasteiger partial charge in [0.05, 0.1) is 6.20 Å². The number of aromatic nitrogens is 4. The number of H-pyrrole nitrogens is 1. The molecule has 2 aromatic rings. The predicted molar refractivity (Wildman–Crippen MR) is 97.3 cm³/mol. The van der Waals surface area contributed by atoms with Crippen LogP contribution in [-0.4, -0.2) is 26.1 Å². The summed E-state index contributed by atoms with van der Waals surface area (Å²) in [6.07, 6.45) is 12.2. The van der Waals surface area contributed by atoms with Crippen molar-refractivity contribution in [3.8, 4) is 0 Å². The van der Waals surface area contributed by atoms with Crippen LogP contribution in [0.5, 0.6) is 0 Å². The third-order valence-corrected chi connectivity index (χ3v) is 3.15. The lowest BCUT2D eigenvalue weighted by Crippen LogP contribution is -2.13. The van der Waals surface area contributed by atoms with Crippen LogP contribution in [0.15, 0.2) is 61.4 Å². The maximum Gasteiger partial charge on any atom is 0.256 e. The zero-order valence-corrected chi connectivity index (χ0v) is 13.7. The zero-order valence-electron chi connectivity index (χ0n) is 13.7. The Morgan fingerprint density at radius 1 is 1.38 bits per heavy atom. The average molecular weight is 321 g/mol. The second kappa shape index (κ2) is 7.82. The molecule has 1 amide bonds. The summed E-state index contributed by atoms with van der Waals surface area (Å²) in [5.74, 6) is 0.552. The molecule has 0 aromatic carbocycles. The number of nitrogens with zero attached hydrogens (tertiary/aromatic N) is 3. The van der Waals surface area contributed by atoms with E-state index in [1.54, 1.807) is 24.4 Å². The van der Waals surface area contributed by atoms with Gasteiger partial charge in [0.1, 0.15) is 11.0 Å². The minimum atomic E-state index is -0.358. The quantitative estimate of drug-likeness (QED) is 0.629. The topological polar surface area (TPSA) is 83.6 Å². The van der Waals surface area contributed by atoms with Gasteiger partial charge in [-0.25, -0.2) is 9.97 Å². The number of fused-ring (bicyclic) bond motifs is 1. The molecule has 2 heterocycles. The van der Waals surface area contributed by atoms with E-state index in [1.807, 2.05) is 32.1 Å². The van der Waals surface area contributed by atoms with Crippen molar-refractivity contribution in [2.24, 2.45) is 0 Å². The lowest BCUT2D eigenvalue weighted by molar-refractivity contribution is -0.112. The fraction of sp³-hybridized carbons (Fsp3) is 0.111. The average Bonchev–Trinajstić information content (AvgIpc) is 2.99. The first-order valence-electron chi connectivity index (χ1n) is 7.37. The van der Waals surface area contributed by atoms with Gasteiger partial charge in [0.25, 0.3) is 5.91 Å². The molecule has 0 aliphatic heterocycles. The molecule has 0 bridgehead atoms. The summed E-state index contributed by atoms with van der Waals surface area (Å²) in [5, 5.41) is 9.57. The summed E-state index contributed by atoms with van der Waals surface area (Å²) in [6, 6.07) is 0. The normalized spacial score (nSPS) is 12.2. The van der Waals surface area contributed by atoms with Gasteiger partial charge >= 0.3 is 0 Å². The number of rotatable bonds is 6. The summed E-state index contributed by atoms with van der Waals surface area (Å²) < 4.78 is 0. The molecule has 0 saturated carbocycles. The van der Waals surface area contributed by atoms with Crippen LogP contribution in [0.25, 0.3) is 16.6 Å². The molecule has 122 valence electrons. The van der Waals surface area contributed by atoms with E-state index in [0.717, 1.165) is 5.57 Å². The molecule has 6 nitrogen and oxygen atoms in total. The standard InChI is InChI=1S/C18H19N5O/c1-5-7-9-12(3)16-19-11-14-15(20-16)17(23-22-14)21-18(24)13(4)10-8-6-2/h5-11H,2,4H2,1,3H3,(H2,21,22,23,24)/b7-5-,10-8-,12-9+. The highest BCUT2D eigenvalue weighted by molar-refractivity contribution is 6.07. The summed E-state index contributed by atoms with van der Waals surface area (Å²) in [7, 11) is 0. The highest BCUT2D eigenvalue weighted by atomic mass is 16.1. The van der Waals surface area contributed by atoms with E-state index in [9.17, 15) is 4.79 Å². The Morgan fingerprint density at radius 3 is 2.88 bits per heavy atom. The van der Waals surface area contributed by atoms with E-state index in [1.165, 1.54) is 0 Å². The fourth-order valence-corrected chi connectivity index (χ4v) is 1.85. The van der Waals surface area contributed by atoms with Crippen LogP contribution in [0.4, 0.5) is 5.82 Å². The van der Waals surface area contributed by atoms with Gasteiger partial charge in [-0.15, -0.1) is 0 Å². The van der Waals surface area contributed by atoms with Crippen LogP contribution in [-0.2, 0) is 4.79 Å². The van der Waals surface area contributed by atoms with Gasteiger partial charge in [-0.2, -0.15) is 5.10 Å². The van der Waals surface area contributed by atoms with Gasteiger partial charge < -0.3 is 5.32 Å². The molecule has 0 spiro atoms. The van der Waals surface area contributed by atoms with Crippen molar-refractivity contribution in [2.45, 2.75) is 13.8 Å². The number of allylic oxidation sites excluding steroid dienone is 6.